The van der Waals surface area contributed by atoms with Crippen LogP contribution in [0.2, 0.25) is 0 Å². The number of thioether (sulfide) groups is 1. The van der Waals surface area contributed by atoms with E-state index < -0.39 is 0 Å². The second kappa shape index (κ2) is 5.71. The summed E-state index contributed by atoms with van der Waals surface area (Å²) in [6, 6.07) is 14.7. The van der Waals surface area contributed by atoms with Gasteiger partial charge in [-0.3, -0.25) is 0 Å². The first-order valence-corrected chi connectivity index (χ1v) is 7.68. The minimum absolute atomic E-state index is 0.576. The van der Waals surface area contributed by atoms with Crippen LogP contribution in [0.4, 0.5) is 5.69 Å². The Hall–Kier alpha value is -1.74. The maximum absolute atomic E-state index is 5.78. The van der Waals surface area contributed by atoms with Crippen molar-refractivity contribution in [2.24, 2.45) is 4.99 Å². The zero-order chi connectivity index (χ0) is 13.9. The third-order valence-corrected chi connectivity index (χ3v) is 4.22. The molecule has 102 valence electrons. The molecule has 0 fully saturated rings. The van der Waals surface area contributed by atoms with E-state index in [1.54, 1.807) is 11.8 Å². The third kappa shape index (κ3) is 3.05. The molecule has 0 N–H and O–H groups in total. The van der Waals surface area contributed by atoms with E-state index in [1.807, 2.05) is 12.1 Å². The van der Waals surface area contributed by atoms with Gasteiger partial charge < -0.3 is 4.74 Å². The first kappa shape index (κ1) is 13.3. The number of aryl methyl sites for hydroxylation is 2. The Morgan fingerprint density at radius 1 is 1.10 bits per heavy atom. The van der Waals surface area contributed by atoms with E-state index in [0.717, 1.165) is 22.2 Å². The van der Waals surface area contributed by atoms with Crippen LogP contribution in [-0.4, -0.2) is 11.7 Å². The smallest absolute Gasteiger partial charge is 0.145 e. The van der Waals surface area contributed by atoms with Gasteiger partial charge in [0.2, 0.25) is 0 Å². The number of benzene rings is 2. The highest BCUT2D eigenvalue weighted by Gasteiger charge is 2.13. The molecule has 0 unspecified atom stereocenters. The molecule has 0 atom stereocenters. The lowest BCUT2D eigenvalue weighted by Crippen LogP contribution is -2.12. The molecule has 1 heterocycles. The van der Waals surface area contributed by atoms with Crippen molar-refractivity contribution >= 4 is 22.5 Å². The van der Waals surface area contributed by atoms with Gasteiger partial charge in [0, 0.05) is 5.75 Å². The van der Waals surface area contributed by atoms with E-state index in [-0.39, 0.29) is 0 Å². The van der Waals surface area contributed by atoms with Gasteiger partial charge in [-0.25, -0.2) is 4.99 Å². The van der Waals surface area contributed by atoms with Crippen molar-refractivity contribution in [2.75, 3.05) is 6.61 Å². The lowest BCUT2D eigenvalue weighted by molar-refractivity contribution is 0.375. The fourth-order valence-corrected chi connectivity index (χ4v) is 3.00. The Kier molecular flexibility index (Phi) is 3.79. The normalized spacial score (nSPS) is 13.4. The first-order valence-electron chi connectivity index (χ1n) is 6.70. The van der Waals surface area contributed by atoms with E-state index in [9.17, 15) is 0 Å². The fourth-order valence-electron chi connectivity index (χ4n) is 2.18. The molecular formula is C17H17NOS. The molecule has 0 bridgehead atoms. The van der Waals surface area contributed by atoms with E-state index >= 15 is 0 Å². The molecule has 0 radical (unpaired) electrons. The van der Waals surface area contributed by atoms with Gasteiger partial charge in [-0.05, 0) is 37.1 Å². The van der Waals surface area contributed by atoms with Gasteiger partial charge in [0.1, 0.15) is 23.1 Å². The Morgan fingerprint density at radius 3 is 2.80 bits per heavy atom. The number of fused-ring (bicyclic) bond motifs is 1. The Labute approximate surface area is 123 Å². The number of hydrogen-bond donors (Lipinski definition) is 0. The Morgan fingerprint density at radius 2 is 1.95 bits per heavy atom. The molecule has 2 nitrogen and oxygen atoms in total. The molecule has 3 heteroatoms. The average molecular weight is 283 g/mol. The van der Waals surface area contributed by atoms with Crippen LogP contribution >= 0.6 is 11.8 Å². The minimum atomic E-state index is 0.576. The SMILES string of the molecule is Cc1cccc(CSC2=Nc3ccc(C)cc3OC2)c1. The van der Waals surface area contributed by atoms with Crippen LogP contribution in [0.15, 0.2) is 47.5 Å². The number of aliphatic imine (C=N–C) groups is 1. The second-order valence-corrected chi connectivity index (χ2v) is 6.09. The van der Waals surface area contributed by atoms with Crippen LogP contribution in [0, 0.1) is 13.8 Å². The molecule has 1 aliphatic heterocycles. The van der Waals surface area contributed by atoms with E-state index in [1.165, 1.54) is 16.7 Å². The molecule has 0 amide bonds. The highest BCUT2D eigenvalue weighted by atomic mass is 32.2. The fraction of sp³-hybridized carbons (Fsp3) is 0.235. The van der Waals surface area contributed by atoms with E-state index in [0.29, 0.717) is 6.61 Å². The molecule has 1 aliphatic rings. The van der Waals surface area contributed by atoms with Crippen molar-refractivity contribution in [3.8, 4) is 5.75 Å². The summed E-state index contributed by atoms with van der Waals surface area (Å²) in [6.07, 6.45) is 0. The van der Waals surface area contributed by atoms with Gasteiger partial charge in [0.15, 0.2) is 0 Å². The molecular weight excluding hydrogens is 266 g/mol. The maximum atomic E-state index is 5.78. The molecule has 20 heavy (non-hydrogen) atoms. The van der Waals surface area contributed by atoms with Crippen LogP contribution in [0.1, 0.15) is 16.7 Å². The quantitative estimate of drug-likeness (QED) is 0.799. The summed E-state index contributed by atoms with van der Waals surface area (Å²) in [6.45, 7) is 4.76. The standard InChI is InChI=1S/C17H17NOS/c1-12-4-3-5-14(8-12)11-20-17-10-19-16-9-13(2)6-7-15(16)18-17/h3-9H,10-11H2,1-2H3. The highest BCUT2D eigenvalue weighted by Crippen LogP contribution is 2.33. The van der Waals surface area contributed by atoms with Crippen molar-refractivity contribution in [3.05, 3.63) is 59.2 Å². The van der Waals surface area contributed by atoms with Gasteiger partial charge in [-0.15, -0.1) is 11.8 Å². The summed E-state index contributed by atoms with van der Waals surface area (Å²) in [7, 11) is 0. The first-order chi connectivity index (χ1) is 9.70. The summed E-state index contributed by atoms with van der Waals surface area (Å²) in [4.78, 5) is 4.68. The number of ether oxygens (including phenoxy) is 1. The zero-order valence-corrected chi connectivity index (χ0v) is 12.5. The van der Waals surface area contributed by atoms with Crippen molar-refractivity contribution < 1.29 is 4.74 Å². The van der Waals surface area contributed by atoms with E-state index in [4.69, 9.17) is 4.74 Å². The summed E-state index contributed by atoms with van der Waals surface area (Å²) < 4.78 is 5.78. The lowest BCUT2D eigenvalue weighted by Gasteiger charge is -2.17. The molecule has 0 spiro atoms. The van der Waals surface area contributed by atoms with Gasteiger partial charge >= 0.3 is 0 Å². The minimum Gasteiger partial charge on any atom is -0.484 e. The molecule has 3 rings (SSSR count). The predicted octanol–water partition coefficient (Wildman–Crippen LogP) is 4.66. The van der Waals surface area contributed by atoms with Crippen molar-refractivity contribution in [3.63, 3.8) is 0 Å². The van der Waals surface area contributed by atoms with Gasteiger partial charge in [-0.1, -0.05) is 35.9 Å². The Bertz CT molecular complexity index is 664. The molecule has 0 saturated carbocycles. The summed E-state index contributed by atoms with van der Waals surface area (Å²) in [5, 5.41) is 1.04. The summed E-state index contributed by atoms with van der Waals surface area (Å²) in [5.74, 6) is 1.83. The monoisotopic (exact) mass is 283 g/mol. The van der Waals surface area contributed by atoms with Gasteiger partial charge in [-0.2, -0.15) is 0 Å². The molecule has 0 aromatic heterocycles. The van der Waals surface area contributed by atoms with Crippen molar-refractivity contribution in [2.45, 2.75) is 19.6 Å². The second-order valence-electron chi connectivity index (χ2n) is 5.04. The number of nitrogens with zero attached hydrogens (tertiary/aromatic N) is 1. The van der Waals surface area contributed by atoms with Crippen molar-refractivity contribution in [1.82, 2.24) is 0 Å². The van der Waals surface area contributed by atoms with Crippen molar-refractivity contribution in [1.29, 1.82) is 0 Å². The zero-order valence-electron chi connectivity index (χ0n) is 11.7. The largest absolute Gasteiger partial charge is 0.484 e. The predicted molar refractivity (Wildman–Crippen MR) is 86.2 cm³/mol. The number of hydrogen-bond acceptors (Lipinski definition) is 3. The molecule has 2 aromatic carbocycles. The average Bonchev–Trinajstić information content (AvgIpc) is 2.45. The maximum Gasteiger partial charge on any atom is 0.145 e. The van der Waals surface area contributed by atoms with Crippen LogP contribution < -0.4 is 4.74 Å². The van der Waals surface area contributed by atoms with Crippen LogP contribution in [0.25, 0.3) is 0 Å². The van der Waals surface area contributed by atoms with Crippen LogP contribution in [0.3, 0.4) is 0 Å². The molecule has 2 aromatic rings. The lowest BCUT2D eigenvalue weighted by atomic mass is 10.2. The van der Waals surface area contributed by atoms with Gasteiger partial charge in [0.25, 0.3) is 0 Å². The van der Waals surface area contributed by atoms with Gasteiger partial charge in [0.05, 0.1) is 0 Å². The third-order valence-electron chi connectivity index (χ3n) is 3.20. The highest BCUT2D eigenvalue weighted by molar-refractivity contribution is 8.13. The van der Waals surface area contributed by atoms with Crippen LogP contribution in [0.5, 0.6) is 5.75 Å². The molecule has 0 aliphatic carbocycles. The number of rotatable bonds is 2. The summed E-state index contributed by atoms with van der Waals surface area (Å²) in [5.41, 5.74) is 4.77. The van der Waals surface area contributed by atoms with Crippen LogP contribution in [-0.2, 0) is 5.75 Å². The topological polar surface area (TPSA) is 21.6 Å². The van der Waals surface area contributed by atoms with E-state index in [2.05, 4.69) is 49.2 Å². The molecule has 0 saturated heterocycles. The summed E-state index contributed by atoms with van der Waals surface area (Å²) >= 11 is 1.75. The Balaban J connectivity index is 1.71.